The van der Waals surface area contributed by atoms with Crippen molar-refractivity contribution in [3.05, 3.63) is 30.3 Å². The molecular weight excluding hydrogens is 208 g/mol. The smallest absolute Gasteiger partial charge is 0.0363 e. The summed E-state index contributed by atoms with van der Waals surface area (Å²) in [7, 11) is 2.19. The topological polar surface area (TPSA) is 15.3 Å². The van der Waals surface area contributed by atoms with Crippen molar-refractivity contribution in [1.82, 2.24) is 5.32 Å². The molecule has 1 aliphatic rings. The van der Waals surface area contributed by atoms with Crippen LogP contribution in [-0.4, -0.2) is 26.7 Å². The van der Waals surface area contributed by atoms with Crippen molar-refractivity contribution in [1.29, 1.82) is 0 Å². The molecule has 0 radical (unpaired) electrons. The van der Waals surface area contributed by atoms with Gasteiger partial charge in [-0.15, -0.1) is 0 Å². The maximum atomic E-state index is 3.49. The van der Waals surface area contributed by atoms with Crippen molar-refractivity contribution in [2.24, 2.45) is 5.92 Å². The van der Waals surface area contributed by atoms with Gasteiger partial charge in [-0.25, -0.2) is 0 Å². The number of nitrogens with one attached hydrogen (secondary N) is 1. The molecule has 1 unspecified atom stereocenters. The maximum Gasteiger partial charge on any atom is 0.0363 e. The number of hydrogen-bond donors (Lipinski definition) is 1. The lowest BCUT2D eigenvalue weighted by molar-refractivity contribution is 0.352. The third kappa shape index (κ3) is 4.04. The average molecular weight is 232 g/mol. The standard InChI is InChI=1S/C15H24N2/c1-17(15-9-3-2-4-10-15)12-6-8-14-7-5-11-16-13-14/h2-4,9-10,14,16H,5-8,11-13H2,1H3. The van der Waals surface area contributed by atoms with Crippen LogP contribution in [0.15, 0.2) is 30.3 Å². The van der Waals surface area contributed by atoms with Crippen LogP contribution in [0.4, 0.5) is 5.69 Å². The highest BCUT2D eigenvalue weighted by atomic mass is 15.1. The Bertz CT molecular complexity index is 304. The molecule has 0 spiro atoms. The summed E-state index contributed by atoms with van der Waals surface area (Å²) in [5, 5.41) is 3.49. The van der Waals surface area contributed by atoms with E-state index in [1.807, 2.05) is 0 Å². The van der Waals surface area contributed by atoms with Crippen LogP contribution in [0.1, 0.15) is 25.7 Å². The molecule has 1 aliphatic heterocycles. The van der Waals surface area contributed by atoms with Crippen LogP contribution in [0.3, 0.4) is 0 Å². The second-order valence-electron chi connectivity index (χ2n) is 5.11. The summed E-state index contributed by atoms with van der Waals surface area (Å²) in [6.07, 6.45) is 5.45. The molecule has 1 heterocycles. The van der Waals surface area contributed by atoms with E-state index in [0.717, 1.165) is 5.92 Å². The Kier molecular flexibility index (Phi) is 4.87. The molecule has 2 heteroatoms. The van der Waals surface area contributed by atoms with Crippen LogP contribution in [0, 0.1) is 5.92 Å². The van der Waals surface area contributed by atoms with Gasteiger partial charge in [-0.1, -0.05) is 18.2 Å². The minimum absolute atomic E-state index is 0.910. The summed E-state index contributed by atoms with van der Waals surface area (Å²) in [4.78, 5) is 2.36. The number of nitrogens with zero attached hydrogens (tertiary/aromatic N) is 1. The molecule has 1 N–H and O–H groups in total. The third-order valence-electron chi connectivity index (χ3n) is 3.70. The number of piperidine rings is 1. The first-order chi connectivity index (χ1) is 8.36. The van der Waals surface area contributed by atoms with Gasteiger partial charge < -0.3 is 10.2 Å². The van der Waals surface area contributed by atoms with Crippen molar-refractivity contribution in [3.63, 3.8) is 0 Å². The van der Waals surface area contributed by atoms with Crippen LogP contribution >= 0.6 is 0 Å². The Morgan fingerprint density at radius 1 is 1.29 bits per heavy atom. The molecule has 1 fully saturated rings. The van der Waals surface area contributed by atoms with E-state index in [1.54, 1.807) is 0 Å². The Labute approximate surface area is 105 Å². The number of anilines is 1. The maximum absolute atomic E-state index is 3.49. The van der Waals surface area contributed by atoms with E-state index >= 15 is 0 Å². The Balaban J connectivity index is 1.67. The lowest BCUT2D eigenvalue weighted by Gasteiger charge is -2.24. The van der Waals surface area contributed by atoms with E-state index in [9.17, 15) is 0 Å². The van der Waals surface area contributed by atoms with Crippen LogP contribution in [-0.2, 0) is 0 Å². The van der Waals surface area contributed by atoms with E-state index in [4.69, 9.17) is 0 Å². The molecular formula is C15H24N2. The summed E-state index contributed by atoms with van der Waals surface area (Å²) in [6.45, 7) is 3.62. The first kappa shape index (κ1) is 12.4. The van der Waals surface area contributed by atoms with E-state index in [-0.39, 0.29) is 0 Å². The zero-order valence-corrected chi connectivity index (χ0v) is 10.9. The molecule has 2 rings (SSSR count). The highest BCUT2D eigenvalue weighted by molar-refractivity contribution is 5.44. The van der Waals surface area contributed by atoms with Gasteiger partial charge in [-0.2, -0.15) is 0 Å². The molecule has 17 heavy (non-hydrogen) atoms. The average Bonchev–Trinajstić information content (AvgIpc) is 2.41. The zero-order chi connectivity index (χ0) is 11.9. The second-order valence-corrected chi connectivity index (χ2v) is 5.11. The summed E-state index contributed by atoms with van der Waals surface area (Å²) >= 11 is 0. The molecule has 0 amide bonds. The van der Waals surface area contributed by atoms with Crippen LogP contribution in [0.2, 0.25) is 0 Å². The van der Waals surface area contributed by atoms with Crippen LogP contribution < -0.4 is 10.2 Å². The zero-order valence-electron chi connectivity index (χ0n) is 10.9. The first-order valence-corrected chi connectivity index (χ1v) is 6.83. The van der Waals surface area contributed by atoms with E-state index in [0.29, 0.717) is 0 Å². The van der Waals surface area contributed by atoms with Crippen molar-refractivity contribution < 1.29 is 0 Å². The number of rotatable bonds is 5. The lowest BCUT2D eigenvalue weighted by Crippen LogP contribution is -2.30. The Hall–Kier alpha value is -1.02. The minimum atomic E-state index is 0.910. The molecule has 0 bridgehead atoms. The van der Waals surface area contributed by atoms with Crippen molar-refractivity contribution in [2.75, 3.05) is 31.6 Å². The molecule has 1 saturated heterocycles. The summed E-state index contributed by atoms with van der Waals surface area (Å²) in [5.41, 5.74) is 1.33. The largest absolute Gasteiger partial charge is 0.375 e. The minimum Gasteiger partial charge on any atom is -0.375 e. The van der Waals surface area contributed by atoms with Gasteiger partial charge in [-0.3, -0.25) is 0 Å². The molecule has 0 aromatic heterocycles. The van der Waals surface area contributed by atoms with E-state index in [2.05, 4.69) is 47.6 Å². The summed E-state index contributed by atoms with van der Waals surface area (Å²) in [5.74, 6) is 0.910. The molecule has 94 valence electrons. The summed E-state index contributed by atoms with van der Waals surface area (Å²) < 4.78 is 0. The van der Waals surface area contributed by atoms with Gasteiger partial charge in [-0.05, 0) is 56.8 Å². The quantitative estimate of drug-likeness (QED) is 0.839. The molecule has 0 saturated carbocycles. The third-order valence-corrected chi connectivity index (χ3v) is 3.70. The fourth-order valence-corrected chi connectivity index (χ4v) is 2.60. The van der Waals surface area contributed by atoms with E-state index < -0.39 is 0 Å². The fourth-order valence-electron chi connectivity index (χ4n) is 2.60. The molecule has 0 aliphatic carbocycles. The van der Waals surface area contributed by atoms with Crippen molar-refractivity contribution in [3.8, 4) is 0 Å². The number of benzene rings is 1. The molecule has 1 atom stereocenters. The van der Waals surface area contributed by atoms with Crippen molar-refractivity contribution >= 4 is 5.69 Å². The predicted molar refractivity (Wildman–Crippen MR) is 74.5 cm³/mol. The van der Waals surface area contributed by atoms with Gasteiger partial charge in [0.1, 0.15) is 0 Å². The van der Waals surface area contributed by atoms with Gasteiger partial charge in [0.15, 0.2) is 0 Å². The highest BCUT2D eigenvalue weighted by Crippen LogP contribution is 2.17. The SMILES string of the molecule is CN(CCCC1CCCNC1)c1ccccc1. The number of hydrogen-bond acceptors (Lipinski definition) is 2. The second kappa shape index (κ2) is 6.65. The van der Waals surface area contributed by atoms with Gasteiger partial charge >= 0.3 is 0 Å². The van der Waals surface area contributed by atoms with Crippen LogP contribution in [0.25, 0.3) is 0 Å². The molecule has 1 aromatic carbocycles. The summed E-state index contributed by atoms with van der Waals surface area (Å²) in [6, 6.07) is 10.7. The monoisotopic (exact) mass is 232 g/mol. The normalized spacial score (nSPS) is 20.2. The number of para-hydroxylation sites is 1. The van der Waals surface area contributed by atoms with Crippen LogP contribution in [0.5, 0.6) is 0 Å². The fraction of sp³-hybridized carbons (Fsp3) is 0.600. The highest BCUT2D eigenvalue weighted by Gasteiger charge is 2.12. The van der Waals surface area contributed by atoms with Gasteiger partial charge in [0.25, 0.3) is 0 Å². The Morgan fingerprint density at radius 2 is 2.12 bits per heavy atom. The molecule has 2 nitrogen and oxygen atoms in total. The van der Waals surface area contributed by atoms with Gasteiger partial charge in [0.2, 0.25) is 0 Å². The first-order valence-electron chi connectivity index (χ1n) is 6.83. The van der Waals surface area contributed by atoms with E-state index in [1.165, 1.54) is 51.0 Å². The van der Waals surface area contributed by atoms with Crippen molar-refractivity contribution in [2.45, 2.75) is 25.7 Å². The lowest BCUT2D eigenvalue weighted by atomic mass is 9.95. The van der Waals surface area contributed by atoms with Gasteiger partial charge in [0, 0.05) is 19.3 Å². The van der Waals surface area contributed by atoms with Gasteiger partial charge in [0.05, 0.1) is 0 Å². The predicted octanol–water partition coefficient (Wildman–Crippen LogP) is 2.90. The molecule has 1 aromatic rings. The Morgan fingerprint density at radius 3 is 2.82 bits per heavy atom.